The minimum atomic E-state index is 0.829. The van der Waals surface area contributed by atoms with E-state index in [4.69, 9.17) is 4.74 Å². The van der Waals surface area contributed by atoms with Gasteiger partial charge in [0.05, 0.1) is 25.9 Å². The van der Waals surface area contributed by atoms with Gasteiger partial charge in [0, 0.05) is 18.8 Å². The molecule has 0 spiro atoms. The number of benzene rings is 2. The number of aryl methyl sites for hydroxylation is 1. The van der Waals surface area contributed by atoms with Gasteiger partial charge in [-0.1, -0.05) is 23.4 Å². The van der Waals surface area contributed by atoms with Crippen molar-refractivity contribution in [1.82, 2.24) is 5.01 Å². The molecule has 1 aliphatic heterocycles. The van der Waals surface area contributed by atoms with Crippen molar-refractivity contribution in [1.29, 1.82) is 0 Å². The van der Waals surface area contributed by atoms with Gasteiger partial charge in [0.15, 0.2) is 0 Å². The summed E-state index contributed by atoms with van der Waals surface area (Å²) in [6.45, 7) is 5.85. The van der Waals surface area contributed by atoms with Crippen molar-refractivity contribution in [2.75, 3.05) is 38.2 Å². The van der Waals surface area contributed by atoms with Crippen molar-refractivity contribution in [3.05, 3.63) is 54.1 Å². The summed E-state index contributed by atoms with van der Waals surface area (Å²) in [5.74, 6) is 0.829. The molecular formula is C18H22N4O. The van der Waals surface area contributed by atoms with Gasteiger partial charge in [0.25, 0.3) is 0 Å². The van der Waals surface area contributed by atoms with Gasteiger partial charge in [-0.15, -0.1) is 5.11 Å². The molecule has 120 valence electrons. The predicted octanol–water partition coefficient (Wildman–Crippen LogP) is 3.82. The minimum absolute atomic E-state index is 0.829. The van der Waals surface area contributed by atoms with E-state index >= 15 is 0 Å². The second kappa shape index (κ2) is 7.13. The SMILES string of the molecule is COc1ccc(/N=N/N2CCN(c3ccccc3C)CC2)cc1. The van der Waals surface area contributed by atoms with Crippen LogP contribution in [0.4, 0.5) is 11.4 Å². The fourth-order valence-corrected chi connectivity index (χ4v) is 2.71. The Balaban J connectivity index is 1.56. The maximum absolute atomic E-state index is 5.14. The summed E-state index contributed by atoms with van der Waals surface area (Å²) in [7, 11) is 1.66. The molecular weight excluding hydrogens is 288 g/mol. The zero-order valence-electron chi connectivity index (χ0n) is 13.6. The van der Waals surface area contributed by atoms with Crippen LogP contribution in [0.2, 0.25) is 0 Å². The maximum Gasteiger partial charge on any atom is 0.119 e. The Morgan fingerprint density at radius 1 is 0.913 bits per heavy atom. The lowest BCUT2D eigenvalue weighted by Gasteiger charge is -2.34. The van der Waals surface area contributed by atoms with Gasteiger partial charge < -0.3 is 9.64 Å². The van der Waals surface area contributed by atoms with E-state index in [1.54, 1.807) is 7.11 Å². The fourth-order valence-electron chi connectivity index (χ4n) is 2.71. The van der Waals surface area contributed by atoms with Crippen LogP contribution in [0, 0.1) is 6.92 Å². The molecule has 0 saturated carbocycles. The third-order valence-corrected chi connectivity index (χ3v) is 4.07. The largest absolute Gasteiger partial charge is 0.497 e. The van der Waals surface area contributed by atoms with Crippen LogP contribution in [0.25, 0.3) is 0 Å². The Hall–Kier alpha value is -2.56. The molecule has 5 heteroatoms. The Bertz CT molecular complexity index is 661. The number of hydrogen-bond donors (Lipinski definition) is 0. The second-order valence-corrected chi connectivity index (χ2v) is 5.61. The third kappa shape index (κ3) is 3.80. The Morgan fingerprint density at radius 2 is 1.61 bits per heavy atom. The van der Waals surface area contributed by atoms with Crippen LogP contribution in [0.5, 0.6) is 5.75 Å². The number of rotatable bonds is 4. The van der Waals surface area contributed by atoms with Crippen molar-refractivity contribution in [3.8, 4) is 5.75 Å². The van der Waals surface area contributed by atoms with Crippen LogP contribution in [-0.4, -0.2) is 38.3 Å². The standard InChI is InChI=1S/C18H22N4O/c1-15-5-3-4-6-18(15)21-11-13-22(14-12-21)20-19-16-7-9-17(23-2)10-8-16/h3-10H,11-14H2,1-2H3/b20-19+. The van der Waals surface area contributed by atoms with Crippen molar-refractivity contribution in [2.45, 2.75) is 6.92 Å². The summed E-state index contributed by atoms with van der Waals surface area (Å²) in [6, 6.07) is 16.1. The molecule has 1 fully saturated rings. The van der Waals surface area contributed by atoms with Gasteiger partial charge in [-0.25, -0.2) is 0 Å². The van der Waals surface area contributed by atoms with E-state index in [-0.39, 0.29) is 0 Å². The Labute approximate surface area is 137 Å². The van der Waals surface area contributed by atoms with Gasteiger partial charge >= 0.3 is 0 Å². The van der Waals surface area contributed by atoms with Crippen LogP contribution in [0.15, 0.2) is 58.9 Å². The van der Waals surface area contributed by atoms with E-state index in [2.05, 4.69) is 46.4 Å². The molecule has 3 rings (SSSR count). The molecule has 1 aliphatic rings. The first kappa shape index (κ1) is 15.3. The number of methoxy groups -OCH3 is 1. The Morgan fingerprint density at radius 3 is 2.26 bits per heavy atom. The summed E-state index contributed by atoms with van der Waals surface area (Å²) >= 11 is 0. The number of hydrogen-bond acceptors (Lipinski definition) is 4. The summed E-state index contributed by atoms with van der Waals surface area (Å²) < 4.78 is 5.14. The summed E-state index contributed by atoms with van der Waals surface area (Å²) in [4.78, 5) is 2.41. The first-order valence-corrected chi connectivity index (χ1v) is 7.87. The minimum Gasteiger partial charge on any atom is -0.497 e. The van der Waals surface area contributed by atoms with Crippen LogP contribution in [0.1, 0.15) is 5.56 Å². The zero-order chi connectivity index (χ0) is 16.1. The number of piperazine rings is 1. The van der Waals surface area contributed by atoms with Crippen LogP contribution >= 0.6 is 0 Å². The first-order chi connectivity index (χ1) is 11.3. The van der Waals surface area contributed by atoms with Gasteiger partial charge in [-0.05, 0) is 42.8 Å². The molecule has 0 bridgehead atoms. The third-order valence-electron chi connectivity index (χ3n) is 4.07. The topological polar surface area (TPSA) is 40.4 Å². The molecule has 1 heterocycles. The highest BCUT2D eigenvalue weighted by Crippen LogP contribution is 2.22. The highest BCUT2D eigenvalue weighted by atomic mass is 16.5. The molecule has 0 amide bonds. The number of anilines is 1. The van der Waals surface area contributed by atoms with Crippen molar-refractivity contribution in [3.63, 3.8) is 0 Å². The predicted molar refractivity (Wildman–Crippen MR) is 92.5 cm³/mol. The molecule has 0 aromatic heterocycles. The fraction of sp³-hybridized carbons (Fsp3) is 0.333. The lowest BCUT2D eigenvalue weighted by atomic mass is 10.1. The van der Waals surface area contributed by atoms with Crippen molar-refractivity contribution >= 4 is 11.4 Å². The molecule has 0 radical (unpaired) electrons. The van der Waals surface area contributed by atoms with Gasteiger partial charge in [0.2, 0.25) is 0 Å². The molecule has 0 aliphatic carbocycles. The molecule has 0 unspecified atom stereocenters. The van der Waals surface area contributed by atoms with E-state index in [1.807, 2.05) is 29.3 Å². The highest BCUT2D eigenvalue weighted by Gasteiger charge is 2.17. The molecule has 1 saturated heterocycles. The average Bonchev–Trinajstić information content (AvgIpc) is 2.61. The quantitative estimate of drug-likeness (QED) is 0.806. The van der Waals surface area contributed by atoms with Crippen molar-refractivity contribution in [2.24, 2.45) is 10.3 Å². The van der Waals surface area contributed by atoms with Gasteiger partial charge in [-0.3, -0.25) is 5.01 Å². The number of nitrogens with zero attached hydrogens (tertiary/aromatic N) is 4. The lowest BCUT2D eigenvalue weighted by molar-refractivity contribution is 0.254. The molecule has 2 aromatic rings. The van der Waals surface area contributed by atoms with E-state index in [0.29, 0.717) is 0 Å². The van der Waals surface area contributed by atoms with E-state index in [0.717, 1.165) is 37.6 Å². The lowest BCUT2D eigenvalue weighted by Crippen LogP contribution is -2.44. The number of ether oxygens (including phenoxy) is 1. The van der Waals surface area contributed by atoms with Crippen molar-refractivity contribution < 1.29 is 4.74 Å². The summed E-state index contributed by atoms with van der Waals surface area (Å²) in [6.07, 6.45) is 0. The zero-order valence-corrected chi connectivity index (χ0v) is 13.6. The molecule has 5 nitrogen and oxygen atoms in total. The maximum atomic E-state index is 5.14. The van der Waals surface area contributed by atoms with Crippen LogP contribution in [0.3, 0.4) is 0 Å². The van der Waals surface area contributed by atoms with E-state index < -0.39 is 0 Å². The molecule has 0 N–H and O–H groups in total. The summed E-state index contributed by atoms with van der Waals surface area (Å²) in [5, 5.41) is 10.7. The van der Waals surface area contributed by atoms with E-state index in [9.17, 15) is 0 Å². The van der Waals surface area contributed by atoms with Crippen LogP contribution < -0.4 is 9.64 Å². The van der Waals surface area contributed by atoms with E-state index in [1.165, 1.54) is 11.3 Å². The Kier molecular flexibility index (Phi) is 4.76. The number of para-hydroxylation sites is 1. The molecule has 0 atom stereocenters. The van der Waals surface area contributed by atoms with Crippen LogP contribution in [-0.2, 0) is 0 Å². The monoisotopic (exact) mass is 310 g/mol. The smallest absolute Gasteiger partial charge is 0.119 e. The average molecular weight is 310 g/mol. The summed E-state index contributed by atoms with van der Waals surface area (Å²) in [5.41, 5.74) is 3.48. The van der Waals surface area contributed by atoms with Gasteiger partial charge in [-0.2, -0.15) is 0 Å². The molecule has 2 aromatic carbocycles. The highest BCUT2D eigenvalue weighted by molar-refractivity contribution is 5.53. The normalized spacial score (nSPS) is 15.2. The van der Waals surface area contributed by atoms with Gasteiger partial charge in [0.1, 0.15) is 5.75 Å². The second-order valence-electron chi connectivity index (χ2n) is 5.61. The first-order valence-electron chi connectivity index (χ1n) is 7.87. The molecule has 23 heavy (non-hydrogen) atoms.